The molecular formula is C11H18N2O3S. The van der Waals surface area contributed by atoms with Crippen LogP contribution in [-0.4, -0.2) is 30.9 Å². The van der Waals surface area contributed by atoms with Crippen molar-refractivity contribution in [1.82, 2.24) is 5.32 Å². The number of carbonyl (C=O) groups excluding carboxylic acids is 1. The molecule has 0 radical (unpaired) electrons. The van der Waals surface area contributed by atoms with Crippen molar-refractivity contribution in [3.05, 3.63) is 24.3 Å². The zero-order valence-corrected chi connectivity index (χ0v) is 10.9. The number of methoxy groups -OCH3 is 1. The third kappa shape index (κ3) is 5.46. The van der Waals surface area contributed by atoms with Gasteiger partial charge < -0.3 is 20.5 Å². The molecule has 96 valence electrons. The van der Waals surface area contributed by atoms with Crippen LogP contribution in [0, 0.1) is 0 Å². The van der Waals surface area contributed by atoms with Crippen LogP contribution in [0.1, 0.15) is 6.92 Å². The van der Waals surface area contributed by atoms with E-state index in [0.717, 1.165) is 5.75 Å². The highest BCUT2D eigenvalue weighted by Crippen LogP contribution is 2.14. The lowest BCUT2D eigenvalue weighted by atomic mass is 10.3. The van der Waals surface area contributed by atoms with Crippen LogP contribution in [0.2, 0.25) is 0 Å². The maximum Gasteiger partial charge on any atom is 0.319 e. The Morgan fingerprint density at radius 1 is 1.41 bits per heavy atom. The largest absolute Gasteiger partial charge is 0.497 e. The normalized spacial score (nSPS) is 11.0. The second-order valence-corrected chi connectivity index (χ2v) is 3.41. The number of benzene rings is 1. The minimum atomic E-state index is -0.341. The first-order valence-corrected chi connectivity index (χ1v) is 4.98. The fraction of sp³-hybridized carbons (Fsp3) is 0.364. The van der Waals surface area contributed by atoms with E-state index in [2.05, 4.69) is 10.6 Å². The summed E-state index contributed by atoms with van der Waals surface area (Å²) in [5.41, 5.74) is 0.670. The number of aliphatic hydroxyl groups excluding tert-OH is 1. The minimum absolute atomic E-state index is 0. The Morgan fingerprint density at radius 3 is 2.47 bits per heavy atom. The first-order valence-electron chi connectivity index (χ1n) is 4.98. The Bertz CT molecular complexity index is 343. The van der Waals surface area contributed by atoms with Crippen molar-refractivity contribution >= 4 is 25.2 Å². The zero-order chi connectivity index (χ0) is 12.0. The molecule has 0 aliphatic rings. The number of anilines is 1. The fourth-order valence-electron chi connectivity index (χ4n) is 1.11. The molecule has 0 saturated heterocycles. The molecule has 0 aromatic heterocycles. The fourth-order valence-corrected chi connectivity index (χ4v) is 1.11. The predicted molar refractivity (Wildman–Crippen MR) is 72.1 cm³/mol. The quantitative estimate of drug-likeness (QED) is 0.762. The van der Waals surface area contributed by atoms with Crippen LogP contribution < -0.4 is 15.4 Å². The van der Waals surface area contributed by atoms with E-state index in [-0.39, 0.29) is 32.2 Å². The van der Waals surface area contributed by atoms with Gasteiger partial charge in [0.2, 0.25) is 0 Å². The summed E-state index contributed by atoms with van der Waals surface area (Å²) in [7, 11) is 1.58. The van der Waals surface area contributed by atoms with Crippen LogP contribution >= 0.6 is 13.5 Å². The maximum absolute atomic E-state index is 11.4. The molecule has 0 spiro atoms. The van der Waals surface area contributed by atoms with E-state index in [1.165, 1.54) is 0 Å². The highest BCUT2D eigenvalue weighted by molar-refractivity contribution is 7.59. The number of hydrogen-bond acceptors (Lipinski definition) is 3. The number of ether oxygens (including phenoxy) is 1. The summed E-state index contributed by atoms with van der Waals surface area (Å²) in [5.74, 6) is 0.731. The average molecular weight is 258 g/mol. The highest BCUT2D eigenvalue weighted by Gasteiger charge is 2.05. The van der Waals surface area contributed by atoms with Crippen molar-refractivity contribution in [2.45, 2.75) is 13.0 Å². The molecule has 1 rings (SSSR count). The lowest BCUT2D eigenvalue weighted by molar-refractivity contribution is 0.229. The molecule has 0 aliphatic carbocycles. The third-order valence-electron chi connectivity index (χ3n) is 2.00. The molecule has 1 aromatic carbocycles. The number of amides is 2. The molecule has 0 saturated carbocycles. The van der Waals surface area contributed by atoms with Gasteiger partial charge in [0.15, 0.2) is 0 Å². The van der Waals surface area contributed by atoms with Crippen LogP contribution in [0.15, 0.2) is 24.3 Å². The van der Waals surface area contributed by atoms with Gasteiger partial charge in [-0.3, -0.25) is 0 Å². The Labute approximate surface area is 108 Å². The first kappa shape index (κ1) is 15.6. The Kier molecular flexibility index (Phi) is 7.16. The van der Waals surface area contributed by atoms with Crippen molar-refractivity contribution in [2.24, 2.45) is 0 Å². The summed E-state index contributed by atoms with van der Waals surface area (Å²) in [6, 6.07) is 6.38. The summed E-state index contributed by atoms with van der Waals surface area (Å²) < 4.78 is 4.99. The van der Waals surface area contributed by atoms with Gasteiger partial charge in [0, 0.05) is 5.69 Å². The third-order valence-corrected chi connectivity index (χ3v) is 2.00. The average Bonchev–Trinajstić information content (AvgIpc) is 2.29. The van der Waals surface area contributed by atoms with Crippen molar-refractivity contribution in [1.29, 1.82) is 0 Å². The van der Waals surface area contributed by atoms with E-state index in [9.17, 15) is 4.79 Å². The maximum atomic E-state index is 11.4. The summed E-state index contributed by atoms with van der Waals surface area (Å²) in [4.78, 5) is 11.4. The van der Waals surface area contributed by atoms with E-state index >= 15 is 0 Å². The van der Waals surface area contributed by atoms with Gasteiger partial charge >= 0.3 is 6.03 Å². The van der Waals surface area contributed by atoms with Gasteiger partial charge in [-0.1, -0.05) is 0 Å². The van der Waals surface area contributed by atoms with E-state index in [1.54, 1.807) is 38.3 Å². The molecule has 17 heavy (non-hydrogen) atoms. The molecule has 1 aromatic rings. The van der Waals surface area contributed by atoms with Gasteiger partial charge in [0.05, 0.1) is 19.8 Å². The lowest BCUT2D eigenvalue weighted by Gasteiger charge is -2.12. The van der Waals surface area contributed by atoms with Crippen molar-refractivity contribution in [3.8, 4) is 5.75 Å². The topological polar surface area (TPSA) is 70.6 Å². The molecule has 3 N–H and O–H groups in total. The van der Waals surface area contributed by atoms with Crippen LogP contribution in [0.3, 0.4) is 0 Å². The number of urea groups is 1. The van der Waals surface area contributed by atoms with E-state index in [0.29, 0.717) is 5.69 Å². The molecule has 2 amide bonds. The summed E-state index contributed by atoms with van der Waals surface area (Å²) >= 11 is 0. The number of carbonyl (C=O) groups is 1. The van der Waals surface area contributed by atoms with Gasteiger partial charge in [0.25, 0.3) is 0 Å². The summed E-state index contributed by atoms with van der Waals surface area (Å²) in [6.07, 6.45) is 0. The van der Waals surface area contributed by atoms with Crippen LogP contribution in [-0.2, 0) is 0 Å². The van der Waals surface area contributed by atoms with Crippen LogP contribution in [0.5, 0.6) is 5.75 Å². The second-order valence-electron chi connectivity index (χ2n) is 3.41. The molecule has 5 nitrogen and oxygen atoms in total. The molecule has 6 heteroatoms. The second kappa shape index (κ2) is 7.81. The number of nitrogens with one attached hydrogen (secondary N) is 2. The Morgan fingerprint density at radius 2 is 2.00 bits per heavy atom. The van der Waals surface area contributed by atoms with E-state index < -0.39 is 0 Å². The Balaban J connectivity index is 0.00000256. The van der Waals surface area contributed by atoms with Crippen LogP contribution in [0.4, 0.5) is 10.5 Å². The van der Waals surface area contributed by atoms with Gasteiger partial charge in [-0.15, -0.1) is 0 Å². The van der Waals surface area contributed by atoms with Crippen molar-refractivity contribution < 1.29 is 14.6 Å². The highest BCUT2D eigenvalue weighted by atomic mass is 32.1. The zero-order valence-electron chi connectivity index (χ0n) is 9.86. The van der Waals surface area contributed by atoms with Gasteiger partial charge in [-0.05, 0) is 31.2 Å². The molecule has 0 aliphatic heterocycles. The van der Waals surface area contributed by atoms with Crippen molar-refractivity contribution in [3.63, 3.8) is 0 Å². The summed E-state index contributed by atoms with van der Waals surface area (Å²) in [5, 5.41) is 14.0. The number of rotatable bonds is 4. The summed E-state index contributed by atoms with van der Waals surface area (Å²) in [6.45, 7) is 1.63. The number of hydrogen-bond donors (Lipinski definition) is 3. The molecule has 0 bridgehead atoms. The minimum Gasteiger partial charge on any atom is -0.497 e. The van der Waals surface area contributed by atoms with Gasteiger partial charge in [0.1, 0.15) is 5.75 Å². The SMILES string of the molecule is COc1ccc(NC(=O)N[C@@H](C)CO)cc1.S. The monoisotopic (exact) mass is 258 g/mol. The lowest BCUT2D eigenvalue weighted by Crippen LogP contribution is -2.38. The smallest absolute Gasteiger partial charge is 0.319 e. The molecule has 0 unspecified atom stereocenters. The number of aliphatic hydroxyl groups is 1. The van der Waals surface area contributed by atoms with Gasteiger partial charge in [-0.25, -0.2) is 4.79 Å². The van der Waals surface area contributed by atoms with E-state index in [1.807, 2.05) is 0 Å². The first-order chi connectivity index (χ1) is 7.65. The predicted octanol–water partition coefficient (Wildman–Crippen LogP) is 1.31. The standard InChI is InChI=1S/C11H16N2O3.H2S/c1-8(7-14)12-11(15)13-9-3-5-10(16-2)6-4-9;/h3-6,8,14H,7H2,1-2H3,(H2,12,13,15);1H2/t8-;/m0./s1. The molecule has 0 fully saturated rings. The van der Waals surface area contributed by atoms with Gasteiger partial charge in [-0.2, -0.15) is 13.5 Å². The van der Waals surface area contributed by atoms with E-state index in [4.69, 9.17) is 9.84 Å². The molecular weight excluding hydrogens is 240 g/mol. The Hall–Kier alpha value is -1.40. The van der Waals surface area contributed by atoms with Crippen LogP contribution in [0.25, 0.3) is 0 Å². The molecule has 0 heterocycles. The van der Waals surface area contributed by atoms with Crippen molar-refractivity contribution in [2.75, 3.05) is 19.0 Å². The molecule has 1 atom stereocenters.